The molecule has 1 N–H and O–H groups in total. The third-order valence-electron chi connectivity index (χ3n) is 2.71. The predicted octanol–water partition coefficient (Wildman–Crippen LogP) is 4.14. The molecule has 0 atom stereocenters. The van der Waals surface area contributed by atoms with Crippen molar-refractivity contribution in [2.24, 2.45) is 0 Å². The Morgan fingerprint density at radius 3 is 2.74 bits per heavy atom. The van der Waals surface area contributed by atoms with Crippen LogP contribution in [0.4, 0.5) is 0 Å². The van der Waals surface area contributed by atoms with E-state index in [0.717, 1.165) is 34.5 Å². The van der Waals surface area contributed by atoms with Crippen molar-refractivity contribution in [2.75, 3.05) is 6.54 Å². The molecule has 4 heteroatoms. The number of nitrogens with zero attached hydrogens (tertiary/aromatic N) is 1. The third-order valence-corrected chi connectivity index (χ3v) is 4.07. The molecule has 19 heavy (non-hydrogen) atoms. The molecule has 0 amide bonds. The van der Waals surface area contributed by atoms with Gasteiger partial charge in [-0.1, -0.05) is 42.8 Å². The largest absolute Gasteiger partial charge is 0.313 e. The van der Waals surface area contributed by atoms with Crippen molar-refractivity contribution in [3.05, 3.63) is 58.7 Å². The van der Waals surface area contributed by atoms with Gasteiger partial charge in [-0.25, -0.2) is 4.98 Å². The predicted molar refractivity (Wildman–Crippen MR) is 82.6 cm³/mol. The Morgan fingerprint density at radius 2 is 2.05 bits per heavy atom. The van der Waals surface area contributed by atoms with Crippen molar-refractivity contribution in [3.8, 4) is 0 Å². The van der Waals surface area contributed by atoms with Crippen molar-refractivity contribution < 1.29 is 0 Å². The smallest absolute Gasteiger partial charge is 0.0963 e. The molecule has 0 aliphatic heterocycles. The molecular weight excluding hydrogens is 276 g/mol. The van der Waals surface area contributed by atoms with Gasteiger partial charge in [0.25, 0.3) is 0 Å². The second-order valence-corrected chi connectivity index (χ2v) is 5.57. The molecule has 0 aliphatic carbocycles. The number of hydrogen-bond acceptors (Lipinski definition) is 3. The van der Waals surface area contributed by atoms with Crippen molar-refractivity contribution in [1.29, 1.82) is 0 Å². The molecule has 2 rings (SSSR count). The monoisotopic (exact) mass is 292 g/mol. The lowest BCUT2D eigenvalue weighted by molar-refractivity contribution is 0.723. The lowest BCUT2D eigenvalue weighted by Crippen LogP contribution is -2.11. The Hall–Kier alpha value is -1.03. The summed E-state index contributed by atoms with van der Waals surface area (Å²) in [6, 6.07) is 12.1. The number of thioether (sulfide) groups is 1. The maximum Gasteiger partial charge on any atom is 0.0963 e. The molecule has 0 spiro atoms. The zero-order valence-corrected chi connectivity index (χ0v) is 12.5. The molecule has 0 aliphatic rings. The van der Waals surface area contributed by atoms with Crippen LogP contribution in [-0.4, -0.2) is 11.5 Å². The molecule has 0 saturated carbocycles. The van der Waals surface area contributed by atoms with E-state index in [1.165, 1.54) is 5.56 Å². The van der Waals surface area contributed by atoms with Gasteiger partial charge in [0, 0.05) is 23.5 Å². The summed E-state index contributed by atoms with van der Waals surface area (Å²) in [6.07, 6.45) is 1.93. The fraction of sp³-hybridized carbons (Fsp3) is 0.267. The maximum atomic E-state index is 6.13. The first-order chi connectivity index (χ1) is 9.29. The van der Waals surface area contributed by atoms with Crippen LogP contribution in [0.15, 0.2) is 47.6 Å². The van der Waals surface area contributed by atoms with Crippen LogP contribution in [0.5, 0.6) is 0 Å². The summed E-state index contributed by atoms with van der Waals surface area (Å²) in [5.74, 6) is 0.846. The van der Waals surface area contributed by atoms with Gasteiger partial charge < -0.3 is 5.32 Å². The Kier molecular flexibility index (Phi) is 5.70. The number of halogens is 1. The van der Waals surface area contributed by atoms with E-state index in [1.54, 1.807) is 11.8 Å². The highest BCUT2D eigenvalue weighted by Crippen LogP contribution is 2.25. The molecule has 100 valence electrons. The van der Waals surface area contributed by atoms with Gasteiger partial charge in [0.15, 0.2) is 0 Å². The van der Waals surface area contributed by atoms with E-state index in [1.807, 2.05) is 24.4 Å². The van der Waals surface area contributed by atoms with Crippen LogP contribution in [0.3, 0.4) is 0 Å². The van der Waals surface area contributed by atoms with Gasteiger partial charge in [-0.15, -0.1) is 11.8 Å². The summed E-state index contributed by atoms with van der Waals surface area (Å²) in [5, 5.41) is 5.13. The van der Waals surface area contributed by atoms with E-state index in [-0.39, 0.29) is 0 Å². The number of pyridine rings is 1. The Balaban J connectivity index is 1.91. The molecule has 0 unspecified atom stereocenters. The van der Waals surface area contributed by atoms with E-state index in [9.17, 15) is 0 Å². The first-order valence-corrected chi connectivity index (χ1v) is 7.68. The number of aromatic nitrogens is 1. The SMILES string of the molecule is CCNCc1ccc(SCc2ccccc2Cl)nc1. The molecule has 2 aromatic rings. The van der Waals surface area contributed by atoms with Crippen molar-refractivity contribution >= 4 is 23.4 Å². The highest BCUT2D eigenvalue weighted by molar-refractivity contribution is 7.98. The minimum Gasteiger partial charge on any atom is -0.313 e. The molecule has 0 radical (unpaired) electrons. The number of benzene rings is 1. The van der Waals surface area contributed by atoms with E-state index < -0.39 is 0 Å². The average Bonchev–Trinajstić information content (AvgIpc) is 2.45. The third kappa shape index (κ3) is 4.53. The number of rotatable bonds is 6. The average molecular weight is 293 g/mol. The van der Waals surface area contributed by atoms with Crippen LogP contribution >= 0.6 is 23.4 Å². The lowest BCUT2D eigenvalue weighted by atomic mass is 10.2. The summed E-state index contributed by atoms with van der Waals surface area (Å²) in [6.45, 7) is 3.95. The van der Waals surface area contributed by atoms with E-state index in [2.05, 4.69) is 35.4 Å². The van der Waals surface area contributed by atoms with Crippen LogP contribution in [0, 0.1) is 0 Å². The highest BCUT2D eigenvalue weighted by atomic mass is 35.5. The first-order valence-electron chi connectivity index (χ1n) is 6.31. The normalized spacial score (nSPS) is 10.6. The first kappa shape index (κ1) is 14.4. The van der Waals surface area contributed by atoms with Gasteiger partial charge in [-0.3, -0.25) is 0 Å². The minimum absolute atomic E-state index is 0.818. The second kappa shape index (κ2) is 7.53. The standard InChI is InChI=1S/C15H17ClN2S/c1-2-17-9-12-7-8-15(18-10-12)19-11-13-5-3-4-6-14(13)16/h3-8,10,17H,2,9,11H2,1H3. The number of hydrogen-bond donors (Lipinski definition) is 1. The summed E-state index contributed by atoms with van der Waals surface area (Å²) in [4.78, 5) is 4.46. The van der Waals surface area contributed by atoms with Gasteiger partial charge in [-0.2, -0.15) is 0 Å². The molecule has 0 fully saturated rings. The van der Waals surface area contributed by atoms with E-state index >= 15 is 0 Å². The fourth-order valence-electron chi connectivity index (χ4n) is 1.64. The molecule has 1 aromatic carbocycles. The highest BCUT2D eigenvalue weighted by Gasteiger charge is 2.01. The fourth-order valence-corrected chi connectivity index (χ4v) is 2.77. The van der Waals surface area contributed by atoms with E-state index in [0.29, 0.717) is 0 Å². The molecule has 1 aromatic heterocycles. The quantitative estimate of drug-likeness (QED) is 0.810. The summed E-state index contributed by atoms with van der Waals surface area (Å²) in [5.41, 5.74) is 2.36. The zero-order chi connectivity index (χ0) is 13.5. The topological polar surface area (TPSA) is 24.9 Å². The zero-order valence-electron chi connectivity index (χ0n) is 10.9. The van der Waals surface area contributed by atoms with Crippen LogP contribution in [-0.2, 0) is 12.3 Å². The molecule has 1 heterocycles. The number of nitrogens with one attached hydrogen (secondary N) is 1. The van der Waals surface area contributed by atoms with Gasteiger partial charge in [0.2, 0.25) is 0 Å². The second-order valence-electron chi connectivity index (χ2n) is 4.17. The molecular formula is C15H17ClN2S. The molecule has 0 bridgehead atoms. The summed E-state index contributed by atoms with van der Waals surface area (Å²) < 4.78 is 0. The van der Waals surface area contributed by atoms with Crippen molar-refractivity contribution in [1.82, 2.24) is 10.3 Å². The van der Waals surface area contributed by atoms with Crippen molar-refractivity contribution in [3.63, 3.8) is 0 Å². The molecule has 2 nitrogen and oxygen atoms in total. The van der Waals surface area contributed by atoms with Crippen LogP contribution < -0.4 is 5.32 Å². The van der Waals surface area contributed by atoms with Crippen LogP contribution in [0.2, 0.25) is 5.02 Å². The van der Waals surface area contributed by atoms with E-state index in [4.69, 9.17) is 11.6 Å². The Labute approximate surface area is 123 Å². The maximum absolute atomic E-state index is 6.13. The minimum atomic E-state index is 0.818. The summed E-state index contributed by atoms with van der Waals surface area (Å²) in [7, 11) is 0. The van der Waals surface area contributed by atoms with Crippen LogP contribution in [0.1, 0.15) is 18.1 Å². The van der Waals surface area contributed by atoms with Gasteiger partial charge in [0.05, 0.1) is 5.03 Å². The van der Waals surface area contributed by atoms with Gasteiger partial charge in [0.1, 0.15) is 0 Å². The van der Waals surface area contributed by atoms with Crippen molar-refractivity contribution in [2.45, 2.75) is 24.2 Å². The molecule has 0 saturated heterocycles. The van der Waals surface area contributed by atoms with Crippen LogP contribution in [0.25, 0.3) is 0 Å². The Bertz CT molecular complexity index is 514. The Morgan fingerprint density at radius 1 is 1.21 bits per heavy atom. The van der Waals surface area contributed by atoms with Gasteiger partial charge in [-0.05, 0) is 29.8 Å². The summed E-state index contributed by atoms with van der Waals surface area (Å²) >= 11 is 7.84. The lowest BCUT2D eigenvalue weighted by Gasteiger charge is -2.05. The van der Waals surface area contributed by atoms with Gasteiger partial charge >= 0.3 is 0 Å².